The Morgan fingerprint density at radius 3 is 2.71 bits per heavy atom. The normalized spacial score (nSPS) is 19.7. The summed E-state index contributed by atoms with van der Waals surface area (Å²) in [5.74, 6) is -0.774. The van der Waals surface area contributed by atoms with E-state index in [1.54, 1.807) is 26.0 Å². The zero-order valence-corrected chi connectivity index (χ0v) is 15.3. The van der Waals surface area contributed by atoms with E-state index in [1.165, 1.54) is 4.90 Å². The Morgan fingerprint density at radius 1 is 1.42 bits per heavy atom. The fourth-order valence-electron chi connectivity index (χ4n) is 3.29. The molecule has 0 spiro atoms. The molecular weight excluding hydrogens is 374 g/mol. The molecule has 126 valence electrons. The van der Waals surface area contributed by atoms with Gasteiger partial charge in [0.15, 0.2) is 11.4 Å². The molecule has 2 heterocycles. The number of carbonyl (C=O) groups excluding carboxylic acids is 2. The second-order valence-corrected chi connectivity index (χ2v) is 6.90. The highest BCUT2D eigenvalue weighted by molar-refractivity contribution is 9.10. The minimum absolute atomic E-state index is 0.307. The molecule has 1 aliphatic heterocycles. The van der Waals surface area contributed by atoms with Crippen LogP contribution in [0.1, 0.15) is 40.7 Å². The number of aliphatic hydroxyl groups is 1. The molecule has 2 aromatic rings. The Kier molecular flexibility index (Phi) is 4.09. The summed E-state index contributed by atoms with van der Waals surface area (Å²) in [6.45, 7) is 5.73. The van der Waals surface area contributed by atoms with Crippen molar-refractivity contribution in [1.29, 1.82) is 0 Å². The number of rotatable bonds is 4. The van der Waals surface area contributed by atoms with E-state index in [-0.39, 0.29) is 12.2 Å². The van der Waals surface area contributed by atoms with Crippen LogP contribution in [0.4, 0.5) is 5.69 Å². The average Bonchev–Trinajstić information content (AvgIpc) is 2.96. The Bertz CT molecular complexity index is 826. The third kappa shape index (κ3) is 2.39. The Morgan fingerprint density at radius 2 is 2.12 bits per heavy atom. The van der Waals surface area contributed by atoms with Crippen molar-refractivity contribution < 1.29 is 14.7 Å². The van der Waals surface area contributed by atoms with Gasteiger partial charge in [-0.3, -0.25) is 14.7 Å². The first-order chi connectivity index (χ1) is 11.3. The molecule has 24 heavy (non-hydrogen) atoms. The fourth-order valence-corrected chi connectivity index (χ4v) is 3.65. The van der Waals surface area contributed by atoms with Crippen LogP contribution in [0.25, 0.3) is 0 Å². The first-order valence-corrected chi connectivity index (χ1v) is 8.48. The van der Waals surface area contributed by atoms with E-state index in [4.69, 9.17) is 0 Å². The molecule has 1 aromatic carbocycles. The van der Waals surface area contributed by atoms with Crippen molar-refractivity contribution in [3.63, 3.8) is 0 Å². The van der Waals surface area contributed by atoms with Crippen LogP contribution in [0, 0.1) is 13.8 Å². The smallest absolute Gasteiger partial charge is 0.264 e. The van der Waals surface area contributed by atoms with Gasteiger partial charge in [0.25, 0.3) is 5.91 Å². The summed E-state index contributed by atoms with van der Waals surface area (Å²) in [5, 5.41) is 17.9. The maximum Gasteiger partial charge on any atom is 0.264 e. The number of aromatic nitrogens is 2. The van der Waals surface area contributed by atoms with Crippen LogP contribution in [-0.4, -0.2) is 33.5 Å². The summed E-state index contributed by atoms with van der Waals surface area (Å²) in [6.07, 6.45) is -0.313. The first kappa shape index (κ1) is 16.9. The SMILES string of the molecule is CCN1C(=O)C(O)(CC(=O)c2c(C)n[nH]c2C)c2cc(Br)ccc21. The van der Waals surface area contributed by atoms with Crippen LogP contribution in [0.5, 0.6) is 0 Å². The van der Waals surface area contributed by atoms with Gasteiger partial charge in [0, 0.05) is 22.3 Å². The van der Waals surface area contributed by atoms with Crippen molar-refractivity contribution in [2.75, 3.05) is 11.4 Å². The van der Waals surface area contributed by atoms with Crippen molar-refractivity contribution >= 4 is 33.3 Å². The number of hydrogen-bond donors (Lipinski definition) is 2. The molecule has 2 N–H and O–H groups in total. The highest BCUT2D eigenvalue weighted by Gasteiger charge is 2.50. The van der Waals surface area contributed by atoms with Gasteiger partial charge in [0.1, 0.15) is 0 Å². The summed E-state index contributed by atoms with van der Waals surface area (Å²) in [6, 6.07) is 5.29. The second kappa shape index (κ2) is 5.82. The van der Waals surface area contributed by atoms with Crippen molar-refractivity contribution in [3.8, 4) is 0 Å². The van der Waals surface area contributed by atoms with Gasteiger partial charge in [-0.05, 0) is 39.0 Å². The largest absolute Gasteiger partial charge is 0.375 e. The zero-order chi connectivity index (χ0) is 17.6. The number of fused-ring (bicyclic) bond motifs is 1. The van der Waals surface area contributed by atoms with Gasteiger partial charge in [-0.1, -0.05) is 15.9 Å². The molecule has 1 unspecified atom stereocenters. The van der Waals surface area contributed by atoms with Gasteiger partial charge in [0.2, 0.25) is 0 Å². The number of halogens is 1. The lowest BCUT2D eigenvalue weighted by atomic mass is 9.87. The topological polar surface area (TPSA) is 86.3 Å². The number of amides is 1. The van der Waals surface area contributed by atoms with E-state index < -0.39 is 11.5 Å². The number of H-pyrrole nitrogens is 1. The van der Waals surface area contributed by atoms with Gasteiger partial charge in [-0.15, -0.1) is 0 Å². The van der Waals surface area contributed by atoms with E-state index in [1.807, 2.05) is 13.0 Å². The highest BCUT2D eigenvalue weighted by atomic mass is 79.9. The monoisotopic (exact) mass is 391 g/mol. The number of nitrogens with zero attached hydrogens (tertiary/aromatic N) is 2. The van der Waals surface area contributed by atoms with E-state index in [2.05, 4.69) is 26.1 Å². The van der Waals surface area contributed by atoms with Crippen molar-refractivity contribution in [2.45, 2.75) is 32.8 Å². The van der Waals surface area contributed by atoms with Gasteiger partial charge in [-0.25, -0.2) is 0 Å². The van der Waals surface area contributed by atoms with Crippen molar-refractivity contribution in [3.05, 3.63) is 45.2 Å². The molecule has 1 atom stereocenters. The van der Waals surface area contributed by atoms with Crippen molar-refractivity contribution in [1.82, 2.24) is 10.2 Å². The number of likely N-dealkylation sites (N-methyl/N-ethyl adjacent to an activating group) is 1. The molecule has 0 saturated heterocycles. The third-order valence-corrected chi connectivity index (χ3v) is 4.93. The van der Waals surface area contributed by atoms with Crippen molar-refractivity contribution in [2.24, 2.45) is 0 Å². The predicted molar refractivity (Wildman–Crippen MR) is 93.1 cm³/mol. The van der Waals surface area contributed by atoms with Crippen LogP contribution in [-0.2, 0) is 10.4 Å². The van der Waals surface area contributed by atoms with Gasteiger partial charge in [-0.2, -0.15) is 5.10 Å². The maximum atomic E-state index is 12.8. The van der Waals surface area contributed by atoms with Gasteiger partial charge < -0.3 is 10.0 Å². The summed E-state index contributed by atoms with van der Waals surface area (Å²) >= 11 is 3.37. The minimum atomic E-state index is -1.86. The number of nitrogens with one attached hydrogen (secondary N) is 1. The Hall–Kier alpha value is -1.99. The second-order valence-electron chi connectivity index (χ2n) is 5.98. The summed E-state index contributed by atoms with van der Waals surface area (Å²) in [7, 11) is 0. The van der Waals surface area contributed by atoms with Gasteiger partial charge >= 0.3 is 0 Å². The van der Waals surface area contributed by atoms with Crippen LogP contribution >= 0.6 is 15.9 Å². The van der Waals surface area contributed by atoms with Crippen LogP contribution in [0.15, 0.2) is 22.7 Å². The number of aromatic amines is 1. The summed E-state index contributed by atoms with van der Waals surface area (Å²) in [5.41, 5.74) is 0.865. The van der Waals surface area contributed by atoms with E-state index in [0.717, 1.165) is 4.47 Å². The molecule has 6 nitrogen and oxygen atoms in total. The number of carbonyl (C=O) groups is 2. The molecule has 7 heteroatoms. The molecule has 0 fully saturated rings. The van der Waals surface area contributed by atoms with Crippen LogP contribution < -0.4 is 4.90 Å². The number of Topliss-reactive ketones (excluding diaryl/α,β-unsaturated/α-hetero) is 1. The molecule has 1 amide bonds. The minimum Gasteiger partial charge on any atom is -0.375 e. The predicted octanol–water partition coefficient (Wildman–Crippen LogP) is 2.62. The number of hydrogen-bond acceptors (Lipinski definition) is 4. The molecule has 0 bridgehead atoms. The maximum absolute atomic E-state index is 12.8. The molecule has 0 aliphatic carbocycles. The Balaban J connectivity index is 2.05. The standard InChI is InChI=1S/C17H18BrN3O3/c1-4-21-13-6-5-11(18)7-12(13)17(24,16(21)23)8-14(22)15-9(2)19-20-10(15)3/h5-7,24H,4,8H2,1-3H3,(H,19,20). The lowest BCUT2D eigenvalue weighted by molar-refractivity contribution is -0.135. The quantitative estimate of drug-likeness (QED) is 0.784. The molecule has 1 aliphatic rings. The first-order valence-electron chi connectivity index (χ1n) is 7.68. The van der Waals surface area contributed by atoms with E-state index in [9.17, 15) is 14.7 Å². The third-order valence-electron chi connectivity index (χ3n) is 4.43. The summed E-state index contributed by atoms with van der Waals surface area (Å²) < 4.78 is 0.744. The number of benzene rings is 1. The summed E-state index contributed by atoms with van der Waals surface area (Å²) in [4.78, 5) is 27.0. The highest BCUT2D eigenvalue weighted by Crippen LogP contribution is 2.44. The Labute approximate surface area is 148 Å². The fraction of sp³-hybridized carbons (Fsp3) is 0.353. The molecule has 0 radical (unpaired) electrons. The molecular formula is C17H18BrN3O3. The molecule has 3 rings (SSSR count). The van der Waals surface area contributed by atoms with E-state index >= 15 is 0 Å². The number of aryl methyl sites for hydroxylation is 2. The van der Waals surface area contributed by atoms with Crippen LogP contribution in [0.2, 0.25) is 0 Å². The van der Waals surface area contributed by atoms with Crippen LogP contribution in [0.3, 0.4) is 0 Å². The average molecular weight is 392 g/mol. The molecule has 0 saturated carbocycles. The number of anilines is 1. The number of ketones is 1. The lowest BCUT2D eigenvalue weighted by Crippen LogP contribution is -2.41. The molecule has 1 aromatic heterocycles. The zero-order valence-electron chi connectivity index (χ0n) is 13.7. The van der Waals surface area contributed by atoms with Gasteiger partial charge in [0.05, 0.1) is 23.4 Å². The van der Waals surface area contributed by atoms with E-state index in [0.29, 0.717) is 34.7 Å². The lowest BCUT2D eigenvalue weighted by Gasteiger charge is -2.22.